The molecule has 1 fully saturated rings. The van der Waals surface area contributed by atoms with Crippen LogP contribution in [0, 0.1) is 23.4 Å². The van der Waals surface area contributed by atoms with Gasteiger partial charge in [0.15, 0.2) is 11.6 Å². The molecule has 4 nitrogen and oxygen atoms in total. The molecule has 0 radical (unpaired) electrons. The third-order valence-electron chi connectivity index (χ3n) is 5.06. The lowest BCUT2D eigenvalue weighted by atomic mass is 9.89. The zero-order chi connectivity index (χ0) is 21.5. The number of hydrogen-bond acceptors (Lipinski definition) is 3. The molecular formula is C22H23F3N2O2S. The highest BCUT2D eigenvalue weighted by Gasteiger charge is 2.18. The number of halogens is 3. The van der Waals surface area contributed by atoms with Crippen molar-refractivity contribution < 1.29 is 22.8 Å². The molecular weight excluding hydrogens is 413 g/mol. The van der Waals surface area contributed by atoms with Crippen molar-refractivity contribution in [1.29, 1.82) is 0 Å². The van der Waals surface area contributed by atoms with E-state index >= 15 is 0 Å². The molecule has 2 amide bonds. The topological polar surface area (TPSA) is 58.2 Å². The van der Waals surface area contributed by atoms with Crippen LogP contribution in [-0.2, 0) is 4.79 Å². The van der Waals surface area contributed by atoms with Crippen molar-refractivity contribution in [3.63, 3.8) is 0 Å². The summed E-state index contributed by atoms with van der Waals surface area (Å²) in [6.45, 7) is 0.664. The molecule has 0 heterocycles. The number of anilines is 1. The van der Waals surface area contributed by atoms with Crippen LogP contribution >= 0.6 is 11.8 Å². The Morgan fingerprint density at radius 1 is 0.967 bits per heavy atom. The summed E-state index contributed by atoms with van der Waals surface area (Å²) < 4.78 is 40.3. The van der Waals surface area contributed by atoms with E-state index in [9.17, 15) is 22.8 Å². The van der Waals surface area contributed by atoms with Crippen molar-refractivity contribution >= 4 is 29.3 Å². The number of benzene rings is 2. The molecule has 0 unspecified atom stereocenters. The minimum Gasteiger partial charge on any atom is -0.355 e. The Bertz CT molecular complexity index is 917. The van der Waals surface area contributed by atoms with Crippen LogP contribution in [0.15, 0.2) is 41.3 Å². The molecule has 30 heavy (non-hydrogen) atoms. The van der Waals surface area contributed by atoms with Gasteiger partial charge >= 0.3 is 0 Å². The number of hydrogen-bond donors (Lipinski definition) is 2. The van der Waals surface area contributed by atoms with Gasteiger partial charge < -0.3 is 10.6 Å². The molecule has 0 atom stereocenters. The smallest absolute Gasteiger partial charge is 0.256 e. The SMILES string of the molecule is O=C(CSc1ccccc1C(=O)Nc1cc(F)c(F)cc1F)NCC1CCCCC1. The molecule has 0 aromatic heterocycles. The number of nitrogens with one attached hydrogen (secondary N) is 2. The maximum atomic E-state index is 13.8. The van der Waals surface area contributed by atoms with Crippen LogP contribution < -0.4 is 10.6 Å². The lowest BCUT2D eigenvalue weighted by molar-refractivity contribution is -0.118. The van der Waals surface area contributed by atoms with Crippen molar-refractivity contribution in [1.82, 2.24) is 5.32 Å². The molecule has 8 heteroatoms. The van der Waals surface area contributed by atoms with Crippen molar-refractivity contribution in [3.05, 3.63) is 59.4 Å². The van der Waals surface area contributed by atoms with Crippen LogP contribution in [0.1, 0.15) is 42.5 Å². The van der Waals surface area contributed by atoms with E-state index in [1.165, 1.54) is 37.1 Å². The zero-order valence-corrected chi connectivity index (χ0v) is 17.2. The van der Waals surface area contributed by atoms with Gasteiger partial charge in [-0.15, -0.1) is 11.8 Å². The largest absolute Gasteiger partial charge is 0.355 e. The van der Waals surface area contributed by atoms with Gasteiger partial charge in [-0.1, -0.05) is 31.4 Å². The highest BCUT2D eigenvalue weighted by atomic mass is 32.2. The molecule has 160 valence electrons. The zero-order valence-electron chi connectivity index (χ0n) is 16.3. The van der Waals surface area contributed by atoms with Crippen LogP contribution in [0.25, 0.3) is 0 Å². The Morgan fingerprint density at radius 3 is 2.43 bits per heavy atom. The Balaban J connectivity index is 1.59. The van der Waals surface area contributed by atoms with Crippen LogP contribution in [-0.4, -0.2) is 24.1 Å². The molecule has 2 aromatic rings. The highest BCUT2D eigenvalue weighted by molar-refractivity contribution is 8.00. The molecule has 1 aliphatic carbocycles. The Morgan fingerprint density at radius 2 is 1.67 bits per heavy atom. The minimum absolute atomic E-state index is 0.118. The van der Waals surface area contributed by atoms with E-state index in [0.29, 0.717) is 29.5 Å². The molecule has 1 saturated carbocycles. The number of thioether (sulfide) groups is 1. The van der Waals surface area contributed by atoms with E-state index in [4.69, 9.17) is 0 Å². The third kappa shape index (κ3) is 6.01. The molecule has 0 saturated heterocycles. The van der Waals surface area contributed by atoms with Gasteiger partial charge in [0.25, 0.3) is 5.91 Å². The summed E-state index contributed by atoms with van der Waals surface area (Å²) in [5, 5.41) is 5.20. The molecule has 1 aliphatic rings. The maximum Gasteiger partial charge on any atom is 0.256 e. The summed E-state index contributed by atoms with van der Waals surface area (Å²) in [7, 11) is 0. The number of amides is 2. The van der Waals surface area contributed by atoms with Crippen molar-refractivity contribution in [2.45, 2.75) is 37.0 Å². The first-order valence-electron chi connectivity index (χ1n) is 9.88. The quantitative estimate of drug-likeness (QED) is 0.467. The van der Waals surface area contributed by atoms with Gasteiger partial charge in [-0.2, -0.15) is 0 Å². The van der Waals surface area contributed by atoms with Crippen LogP contribution in [0.2, 0.25) is 0 Å². The first-order chi connectivity index (χ1) is 14.4. The van der Waals surface area contributed by atoms with E-state index in [1.807, 2.05) is 0 Å². The van der Waals surface area contributed by atoms with Gasteiger partial charge in [0, 0.05) is 23.6 Å². The number of rotatable bonds is 7. The van der Waals surface area contributed by atoms with Crippen LogP contribution in [0.4, 0.5) is 18.9 Å². The van der Waals surface area contributed by atoms with Crippen LogP contribution in [0.3, 0.4) is 0 Å². The predicted molar refractivity (Wildman–Crippen MR) is 111 cm³/mol. The van der Waals surface area contributed by atoms with Gasteiger partial charge in [-0.25, -0.2) is 13.2 Å². The van der Waals surface area contributed by atoms with Gasteiger partial charge in [0.05, 0.1) is 17.0 Å². The summed E-state index contributed by atoms with van der Waals surface area (Å²) in [6.07, 6.45) is 5.94. The number of carbonyl (C=O) groups is 2. The first-order valence-corrected chi connectivity index (χ1v) is 10.9. The fourth-order valence-corrected chi connectivity index (χ4v) is 4.31. The lowest BCUT2D eigenvalue weighted by Gasteiger charge is -2.21. The van der Waals surface area contributed by atoms with E-state index in [-0.39, 0.29) is 17.2 Å². The van der Waals surface area contributed by atoms with Gasteiger partial charge in [-0.3, -0.25) is 9.59 Å². The van der Waals surface area contributed by atoms with Crippen molar-refractivity contribution in [3.8, 4) is 0 Å². The third-order valence-corrected chi connectivity index (χ3v) is 6.13. The Labute approximate surface area is 177 Å². The monoisotopic (exact) mass is 436 g/mol. The second-order valence-corrected chi connectivity index (χ2v) is 8.31. The Hall–Kier alpha value is -2.48. The lowest BCUT2D eigenvalue weighted by Crippen LogP contribution is -2.31. The minimum atomic E-state index is -1.33. The van der Waals surface area contributed by atoms with E-state index in [2.05, 4.69) is 10.6 Å². The summed E-state index contributed by atoms with van der Waals surface area (Å²) in [5.41, 5.74) is -0.240. The molecule has 3 rings (SSSR count). The van der Waals surface area contributed by atoms with Crippen molar-refractivity contribution in [2.24, 2.45) is 5.92 Å². The second kappa shape index (κ2) is 10.5. The van der Waals surface area contributed by atoms with E-state index in [1.54, 1.807) is 18.2 Å². The van der Waals surface area contributed by atoms with Gasteiger partial charge in [0.2, 0.25) is 5.91 Å². The molecule has 2 N–H and O–H groups in total. The predicted octanol–water partition coefficient (Wildman–Crippen LogP) is 5.14. The van der Waals surface area contributed by atoms with Crippen LogP contribution in [0.5, 0.6) is 0 Å². The molecule has 0 aliphatic heterocycles. The van der Waals surface area contributed by atoms with E-state index < -0.39 is 29.0 Å². The molecule has 0 spiro atoms. The average Bonchev–Trinajstić information content (AvgIpc) is 2.75. The summed E-state index contributed by atoms with van der Waals surface area (Å²) >= 11 is 1.19. The maximum absolute atomic E-state index is 13.8. The number of carbonyl (C=O) groups excluding carboxylic acids is 2. The highest BCUT2D eigenvalue weighted by Crippen LogP contribution is 2.26. The van der Waals surface area contributed by atoms with E-state index in [0.717, 1.165) is 12.8 Å². The average molecular weight is 436 g/mol. The summed E-state index contributed by atoms with van der Waals surface area (Å²) in [6, 6.07) is 7.52. The second-order valence-electron chi connectivity index (χ2n) is 7.29. The van der Waals surface area contributed by atoms with Gasteiger partial charge in [0.1, 0.15) is 5.82 Å². The van der Waals surface area contributed by atoms with Gasteiger partial charge in [-0.05, 0) is 30.9 Å². The van der Waals surface area contributed by atoms with Crippen molar-refractivity contribution in [2.75, 3.05) is 17.6 Å². The summed E-state index contributed by atoms with van der Waals surface area (Å²) in [5.74, 6) is -3.80. The standard InChI is InChI=1S/C22H23F3N2O2S/c23-16-10-18(25)19(11-17(16)24)27-22(29)15-8-4-5-9-20(15)30-13-21(28)26-12-14-6-2-1-3-7-14/h4-5,8-11,14H,1-3,6-7,12-13H2,(H,26,28)(H,27,29). The fraction of sp³-hybridized carbons (Fsp3) is 0.364. The first kappa shape index (κ1) is 22.2. The molecule has 2 aromatic carbocycles. The fourth-order valence-electron chi connectivity index (χ4n) is 3.43. The summed E-state index contributed by atoms with van der Waals surface area (Å²) in [4.78, 5) is 25.3. The normalized spacial score (nSPS) is 14.4. The Kier molecular flexibility index (Phi) is 7.79. The molecule has 0 bridgehead atoms.